The Morgan fingerprint density at radius 3 is 2.39 bits per heavy atom. The van der Waals surface area contributed by atoms with Crippen molar-refractivity contribution in [2.75, 3.05) is 39.4 Å². The van der Waals surface area contributed by atoms with Crippen molar-refractivity contribution in [2.24, 2.45) is 5.92 Å². The first-order valence-corrected chi connectivity index (χ1v) is 14.3. The Morgan fingerprint density at radius 2 is 1.90 bits per heavy atom. The van der Waals surface area contributed by atoms with Gasteiger partial charge >= 0.3 is 0 Å². The summed E-state index contributed by atoms with van der Waals surface area (Å²) in [6, 6.07) is 11.3. The molecule has 4 rings (SSSR count). The van der Waals surface area contributed by atoms with Gasteiger partial charge < -0.3 is 24.6 Å². The zero-order valence-corrected chi connectivity index (χ0v) is 25.7. The van der Waals surface area contributed by atoms with Crippen molar-refractivity contribution < 1.29 is 24.0 Å². The number of carbonyl (C=O) groups excluding carboxylic acids is 2. The molecule has 3 aromatic rings. The number of aliphatic hydroxyl groups excluding tert-OH is 1. The minimum atomic E-state index is -0.391. The molecule has 10 nitrogen and oxygen atoms in total. The summed E-state index contributed by atoms with van der Waals surface area (Å²) < 4.78 is 10.8. The summed E-state index contributed by atoms with van der Waals surface area (Å²) >= 11 is 0. The smallest absolute Gasteiger partial charge is 0.233 e. The second-order valence-corrected chi connectivity index (χ2v) is 10.2. The van der Waals surface area contributed by atoms with Crippen LogP contribution in [0.25, 0.3) is 11.1 Å². The first kappa shape index (κ1) is 33.4. The monoisotopic (exact) mass is 569 g/mol. The number of pyridine rings is 1. The fraction of sp³-hybridized carbons (Fsp3) is 0.516. The molecule has 0 aliphatic carbocycles. The Kier molecular flexibility index (Phi) is 13.4. The maximum absolute atomic E-state index is 12.7. The Morgan fingerprint density at radius 1 is 1.24 bits per heavy atom. The number of aromatic nitrogens is 2. The van der Waals surface area contributed by atoms with Crippen LogP contribution in [0.2, 0.25) is 0 Å². The van der Waals surface area contributed by atoms with Gasteiger partial charge in [-0.1, -0.05) is 52.0 Å². The molecule has 3 atom stereocenters. The molecule has 226 valence electrons. The number of ether oxygens (including phenoxy) is 1. The number of likely N-dealkylation sites (tertiary alicyclic amines) is 1. The van der Waals surface area contributed by atoms with E-state index < -0.39 is 6.04 Å². The van der Waals surface area contributed by atoms with Crippen LogP contribution < -0.4 is 15.1 Å². The van der Waals surface area contributed by atoms with E-state index in [0.717, 1.165) is 41.8 Å². The number of hydrogen-bond acceptors (Lipinski definition) is 7. The van der Waals surface area contributed by atoms with Crippen LogP contribution in [0.5, 0.6) is 5.88 Å². The summed E-state index contributed by atoms with van der Waals surface area (Å²) in [5.74, 6) is 1.65. The first-order chi connectivity index (χ1) is 19.7. The molecule has 3 unspecified atom stereocenters. The summed E-state index contributed by atoms with van der Waals surface area (Å²) in [5, 5.41) is 13.6. The third-order valence-electron chi connectivity index (χ3n) is 6.95. The number of benzene rings is 1. The zero-order chi connectivity index (χ0) is 30.5. The van der Waals surface area contributed by atoms with Gasteiger partial charge in [0, 0.05) is 38.4 Å². The summed E-state index contributed by atoms with van der Waals surface area (Å²) in [4.78, 5) is 31.0. The van der Waals surface area contributed by atoms with Crippen molar-refractivity contribution in [3.63, 3.8) is 0 Å². The van der Waals surface area contributed by atoms with Crippen LogP contribution in [0.15, 0.2) is 53.3 Å². The highest BCUT2D eigenvalue weighted by atomic mass is 16.5. The highest BCUT2D eigenvalue weighted by molar-refractivity contribution is 5.83. The van der Waals surface area contributed by atoms with E-state index in [4.69, 9.17) is 9.26 Å². The number of aliphatic hydroxyl groups is 1. The van der Waals surface area contributed by atoms with E-state index in [2.05, 4.69) is 31.1 Å². The third-order valence-corrected chi connectivity index (χ3v) is 6.95. The molecule has 2 N–H and O–H groups in total. The number of carbonyl (C=O) groups is 2. The van der Waals surface area contributed by atoms with E-state index in [1.807, 2.05) is 80.4 Å². The number of hydrogen-bond donors (Lipinski definition) is 2. The van der Waals surface area contributed by atoms with Crippen molar-refractivity contribution in [1.29, 1.82) is 0 Å². The highest BCUT2D eigenvalue weighted by Gasteiger charge is 2.36. The lowest BCUT2D eigenvalue weighted by atomic mass is 9.91. The Hall–Kier alpha value is -3.79. The molecular formula is C31H47N5O5. The van der Waals surface area contributed by atoms with Gasteiger partial charge in [0.2, 0.25) is 18.2 Å². The summed E-state index contributed by atoms with van der Waals surface area (Å²) in [6.45, 7) is 11.0. The molecule has 0 spiro atoms. The van der Waals surface area contributed by atoms with Gasteiger partial charge in [-0.3, -0.25) is 14.6 Å². The van der Waals surface area contributed by atoms with Gasteiger partial charge in [-0.15, -0.1) is 4.85 Å². The predicted molar refractivity (Wildman–Crippen MR) is 161 cm³/mol. The largest absolute Gasteiger partial charge is 0.481 e. The molecule has 10 heteroatoms. The van der Waals surface area contributed by atoms with Crippen LogP contribution in [0, 0.1) is 5.92 Å². The molecule has 1 aliphatic rings. The molecule has 0 bridgehead atoms. The zero-order valence-electron chi connectivity index (χ0n) is 25.7. The van der Waals surface area contributed by atoms with Crippen molar-refractivity contribution in [2.45, 2.75) is 65.5 Å². The molecular weight excluding hydrogens is 522 g/mol. The van der Waals surface area contributed by atoms with Gasteiger partial charge in [-0.05, 0) is 48.9 Å². The summed E-state index contributed by atoms with van der Waals surface area (Å²) in [5.41, 5.74) is 2.69. The molecule has 1 aromatic carbocycles. The first-order valence-electron chi connectivity index (χ1n) is 14.3. The Labute approximate surface area is 244 Å². The lowest BCUT2D eigenvalue weighted by Crippen LogP contribution is -2.40. The molecule has 1 aliphatic heterocycles. The SMILES string of the molecule is CC.CC(C)C(C(=O)N1CCCC1C)c1cn(N(C)C)o1.COc1ncccc1-c1ccc(C(CO)NC=O)cc1. The van der Waals surface area contributed by atoms with Crippen molar-refractivity contribution in [3.8, 4) is 17.0 Å². The standard InChI is InChI=1S/C15H16N2O3.C14H25N3O2.C2H6/c1-20-15-13(3-2-8-16-15)11-4-6-12(7-5-11)14(9-18)17-10-19;1-10(2)13(12-9-17(19-12)15(4)5)14(18)16-8-6-7-11(16)3;1-2/h2-8,10,14,18H,9H2,1H3,(H,17,19);9-11,13H,6-8H2,1-5H3;1-2H3. The third kappa shape index (κ3) is 8.60. The van der Waals surface area contributed by atoms with Crippen LogP contribution in [-0.2, 0) is 9.59 Å². The number of nitrogens with one attached hydrogen (secondary N) is 1. The molecule has 0 radical (unpaired) electrons. The number of nitrogens with zero attached hydrogens (tertiary/aromatic N) is 4. The second kappa shape index (κ2) is 16.5. The lowest BCUT2D eigenvalue weighted by Gasteiger charge is -2.30. The predicted octanol–water partition coefficient (Wildman–Crippen LogP) is 4.59. The van der Waals surface area contributed by atoms with Crippen LogP contribution in [0.3, 0.4) is 0 Å². The van der Waals surface area contributed by atoms with E-state index in [9.17, 15) is 14.7 Å². The normalized spacial score (nSPS) is 15.7. The summed E-state index contributed by atoms with van der Waals surface area (Å²) in [6.07, 6.45) is 6.39. The minimum absolute atomic E-state index is 0.145. The van der Waals surface area contributed by atoms with E-state index in [1.165, 1.54) is 0 Å². The average Bonchev–Trinajstić information content (AvgIpc) is 3.40. The van der Waals surface area contributed by atoms with Gasteiger partial charge in [0.1, 0.15) is 12.1 Å². The quantitative estimate of drug-likeness (QED) is 0.343. The van der Waals surface area contributed by atoms with E-state index in [1.54, 1.807) is 18.2 Å². The molecule has 0 saturated carbocycles. The molecule has 2 aromatic heterocycles. The molecule has 1 saturated heterocycles. The maximum Gasteiger partial charge on any atom is 0.233 e. The van der Waals surface area contributed by atoms with Crippen LogP contribution in [0.4, 0.5) is 0 Å². The highest BCUT2D eigenvalue weighted by Crippen LogP contribution is 2.31. The minimum Gasteiger partial charge on any atom is -0.481 e. The second-order valence-electron chi connectivity index (χ2n) is 10.2. The van der Waals surface area contributed by atoms with Crippen molar-refractivity contribution in [1.82, 2.24) is 20.0 Å². The fourth-order valence-electron chi connectivity index (χ4n) is 4.73. The van der Waals surface area contributed by atoms with Crippen LogP contribution in [-0.4, -0.2) is 72.6 Å². The molecule has 1 fully saturated rings. The summed E-state index contributed by atoms with van der Waals surface area (Å²) in [7, 11) is 5.39. The van der Waals surface area contributed by atoms with Gasteiger partial charge in [-0.25, -0.2) is 4.98 Å². The van der Waals surface area contributed by atoms with Gasteiger partial charge in [0.15, 0.2) is 5.76 Å². The topological polar surface area (TPSA) is 113 Å². The molecule has 3 heterocycles. The van der Waals surface area contributed by atoms with Crippen LogP contribution >= 0.6 is 0 Å². The Bertz CT molecular complexity index is 1180. The number of methoxy groups -OCH3 is 1. The fourth-order valence-corrected chi connectivity index (χ4v) is 4.73. The molecule has 2 amide bonds. The Balaban J connectivity index is 0.000000271. The lowest BCUT2D eigenvalue weighted by molar-refractivity contribution is -0.135. The van der Waals surface area contributed by atoms with E-state index >= 15 is 0 Å². The van der Waals surface area contributed by atoms with Gasteiger partial charge in [0.25, 0.3) is 0 Å². The van der Waals surface area contributed by atoms with Crippen molar-refractivity contribution >= 4 is 12.3 Å². The average molecular weight is 570 g/mol. The van der Waals surface area contributed by atoms with Crippen LogP contribution in [0.1, 0.15) is 70.7 Å². The maximum atomic E-state index is 12.7. The number of amides is 2. The van der Waals surface area contributed by atoms with E-state index in [-0.39, 0.29) is 24.3 Å². The number of rotatable bonds is 10. The van der Waals surface area contributed by atoms with E-state index in [0.29, 0.717) is 18.3 Å². The van der Waals surface area contributed by atoms with Gasteiger partial charge in [-0.2, -0.15) is 0 Å². The van der Waals surface area contributed by atoms with Crippen molar-refractivity contribution in [3.05, 3.63) is 60.1 Å². The molecule has 41 heavy (non-hydrogen) atoms. The van der Waals surface area contributed by atoms with Gasteiger partial charge in [0.05, 0.1) is 19.8 Å².